The first-order valence-electron chi connectivity index (χ1n) is 9.11. The van der Waals surface area contributed by atoms with Crippen molar-refractivity contribution in [3.05, 3.63) is 80.8 Å². The summed E-state index contributed by atoms with van der Waals surface area (Å²) in [4.78, 5) is 7.82. The lowest BCUT2D eigenvalue weighted by molar-refractivity contribution is 0.965. The van der Waals surface area contributed by atoms with Crippen LogP contribution in [0.2, 0.25) is 10.0 Å². The van der Waals surface area contributed by atoms with Crippen LogP contribution in [0.3, 0.4) is 0 Å². The van der Waals surface area contributed by atoms with E-state index in [0.717, 1.165) is 39.2 Å². The molecule has 29 heavy (non-hydrogen) atoms. The summed E-state index contributed by atoms with van der Waals surface area (Å²) in [6.45, 7) is 6.02. The summed E-state index contributed by atoms with van der Waals surface area (Å²) in [5.41, 5.74) is 7.05. The zero-order valence-electron chi connectivity index (χ0n) is 16.2. The van der Waals surface area contributed by atoms with Crippen molar-refractivity contribution in [2.24, 2.45) is 0 Å². The third-order valence-electron chi connectivity index (χ3n) is 4.96. The lowest BCUT2D eigenvalue weighted by atomic mass is 10.1. The van der Waals surface area contributed by atoms with E-state index < -0.39 is 0 Å². The molecule has 4 rings (SSSR count). The van der Waals surface area contributed by atoms with Crippen LogP contribution in [0.1, 0.15) is 28.3 Å². The average Bonchev–Trinajstić information content (AvgIpc) is 3.22. The molecule has 0 spiro atoms. The van der Waals surface area contributed by atoms with E-state index in [0.29, 0.717) is 21.4 Å². The van der Waals surface area contributed by atoms with Crippen molar-refractivity contribution in [3.8, 4) is 11.8 Å². The Morgan fingerprint density at radius 1 is 1.14 bits per heavy atom. The van der Waals surface area contributed by atoms with Crippen LogP contribution in [-0.4, -0.2) is 14.5 Å². The molecule has 0 amide bonds. The van der Waals surface area contributed by atoms with Gasteiger partial charge in [-0.15, -0.1) is 0 Å². The van der Waals surface area contributed by atoms with Gasteiger partial charge in [0.2, 0.25) is 0 Å². The van der Waals surface area contributed by atoms with Gasteiger partial charge in [0.05, 0.1) is 32.3 Å². The van der Waals surface area contributed by atoms with Gasteiger partial charge in [-0.05, 0) is 68.3 Å². The van der Waals surface area contributed by atoms with Gasteiger partial charge in [-0.2, -0.15) is 5.26 Å². The maximum Gasteiger partial charge on any atom is 0.149 e. The summed E-state index contributed by atoms with van der Waals surface area (Å²) in [6.07, 6.45) is 1.85. The molecule has 0 atom stereocenters. The molecule has 6 heteroatoms. The number of nitrogens with zero attached hydrogens (tertiary/aromatic N) is 3. The molecular formula is C23H18Cl2N4. The van der Waals surface area contributed by atoms with Crippen LogP contribution in [0.25, 0.3) is 28.4 Å². The van der Waals surface area contributed by atoms with Crippen LogP contribution in [-0.2, 0) is 0 Å². The highest BCUT2D eigenvalue weighted by molar-refractivity contribution is 6.43. The van der Waals surface area contributed by atoms with Gasteiger partial charge >= 0.3 is 0 Å². The number of hydrogen-bond acceptors (Lipinski definition) is 2. The molecular weight excluding hydrogens is 403 g/mol. The fourth-order valence-corrected chi connectivity index (χ4v) is 3.91. The third kappa shape index (κ3) is 3.44. The molecule has 0 saturated heterocycles. The maximum absolute atomic E-state index is 9.76. The van der Waals surface area contributed by atoms with Gasteiger partial charge in [-0.3, -0.25) is 0 Å². The van der Waals surface area contributed by atoms with Crippen LogP contribution in [0.5, 0.6) is 0 Å². The number of aryl methyl sites for hydroxylation is 2. The molecule has 0 fully saturated rings. The lowest BCUT2D eigenvalue weighted by Gasteiger charge is -2.12. The van der Waals surface area contributed by atoms with Crippen molar-refractivity contribution >= 4 is 45.9 Å². The van der Waals surface area contributed by atoms with Crippen molar-refractivity contribution in [2.75, 3.05) is 0 Å². The van der Waals surface area contributed by atoms with Gasteiger partial charge < -0.3 is 9.55 Å². The topological polar surface area (TPSA) is 57.4 Å². The van der Waals surface area contributed by atoms with E-state index >= 15 is 0 Å². The number of aromatic nitrogens is 3. The van der Waals surface area contributed by atoms with Crippen molar-refractivity contribution < 1.29 is 0 Å². The summed E-state index contributed by atoms with van der Waals surface area (Å²) in [7, 11) is 0. The molecule has 2 aromatic heterocycles. The van der Waals surface area contributed by atoms with E-state index in [1.54, 1.807) is 6.07 Å². The third-order valence-corrected chi connectivity index (χ3v) is 5.76. The van der Waals surface area contributed by atoms with E-state index in [4.69, 9.17) is 23.2 Å². The smallest absolute Gasteiger partial charge is 0.149 e. The van der Waals surface area contributed by atoms with Gasteiger partial charge in [0.25, 0.3) is 0 Å². The Bertz CT molecular complexity index is 1320. The average molecular weight is 421 g/mol. The Morgan fingerprint density at radius 2 is 1.93 bits per heavy atom. The van der Waals surface area contributed by atoms with E-state index in [-0.39, 0.29) is 0 Å². The highest BCUT2D eigenvalue weighted by atomic mass is 35.5. The minimum Gasteiger partial charge on any atom is -0.337 e. The summed E-state index contributed by atoms with van der Waals surface area (Å²) in [6, 6.07) is 15.8. The van der Waals surface area contributed by atoms with E-state index in [1.165, 1.54) is 0 Å². The van der Waals surface area contributed by atoms with Crippen LogP contribution >= 0.6 is 23.2 Å². The van der Waals surface area contributed by atoms with E-state index in [1.807, 2.05) is 67.8 Å². The first kappa shape index (κ1) is 19.3. The number of benzene rings is 2. The molecule has 0 saturated carbocycles. The predicted molar refractivity (Wildman–Crippen MR) is 120 cm³/mol. The summed E-state index contributed by atoms with van der Waals surface area (Å²) < 4.78 is 2.04. The highest BCUT2D eigenvalue weighted by Gasteiger charge is 2.15. The number of fused-ring (bicyclic) bond motifs is 1. The fourth-order valence-electron chi connectivity index (χ4n) is 3.53. The summed E-state index contributed by atoms with van der Waals surface area (Å²) in [5, 5.41) is 10.8. The van der Waals surface area contributed by atoms with Gasteiger partial charge in [0.15, 0.2) is 0 Å². The Hall–Kier alpha value is -3.00. The molecule has 4 aromatic rings. The molecule has 1 N–H and O–H groups in total. The second kappa shape index (κ2) is 7.44. The number of hydrogen-bond donors (Lipinski definition) is 1. The van der Waals surface area contributed by atoms with Gasteiger partial charge in [-0.1, -0.05) is 35.3 Å². The minimum absolute atomic E-state index is 0.469. The molecule has 0 aliphatic carbocycles. The van der Waals surface area contributed by atoms with Crippen molar-refractivity contribution in [1.29, 1.82) is 5.26 Å². The molecule has 144 valence electrons. The number of rotatable bonds is 3. The quantitative estimate of drug-likeness (QED) is 0.377. The highest BCUT2D eigenvalue weighted by Crippen LogP contribution is 2.32. The van der Waals surface area contributed by atoms with Gasteiger partial charge in [0.1, 0.15) is 11.9 Å². The number of aromatic amines is 1. The summed E-state index contributed by atoms with van der Waals surface area (Å²) in [5.74, 6) is 0.554. The molecule has 2 aromatic carbocycles. The van der Waals surface area contributed by atoms with Crippen molar-refractivity contribution in [3.63, 3.8) is 0 Å². The molecule has 0 aliphatic rings. The number of nitrogens with one attached hydrogen (secondary N) is 1. The van der Waals surface area contributed by atoms with Crippen molar-refractivity contribution in [2.45, 2.75) is 20.8 Å². The number of H-pyrrole nitrogens is 1. The van der Waals surface area contributed by atoms with Gasteiger partial charge in [-0.25, -0.2) is 4.98 Å². The zero-order chi connectivity index (χ0) is 20.7. The first-order valence-corrected chi connectivity index (χ1v) is 9.86. The van der Waals surface area contributed by atoms with E-state index in [2.05, 4.69) is 16.0 Å². The Balaban J connectivity index is 1.82. The molecule has 0 unspecified atom stereocenters. The van der Waals surface area contributed by atoms with Crippen LogP contribution < -0.4 is 0 Å². The zero-order valence-corrected chi connectivity index (χ0v) is 17.7. The second-order valence-electron chi connectivity index (χ2n) is 7.01. The second-order valence-corrected chi connectivity index (χ2v) is 7.80. The molecule has 2 heterocycles. The molecule has 0 radical (unpaired) electrons. The van der Waals surface area contributed by atoms with E-state index in [9.17, 15) is 5.26 Å². The Morgan fingerprint density at radius 3 is 2.69 bits per heavy atom. The number of allylic oxidation sites excluding steroid dienone is 1. The normalized spacial score (nSPS) is 11.8. The Labute approximate surface area is 179 Å². The number of nitriles is 1. The largest absolute Gasteiger partial charge is 0.337 e. The standard InChI is InChI=1S/C23H18Cl2N4/c1-13-7-8-19-20(9-13)28-23(27-19)17(12-26)11-16-10-14(2)29(15(16)3)21-6-4-5-18(24)22(21)25/h4-11H,1-3H3,(H,27,28)/b17-11-. The SMILES string of the molecule is Cc1ccc2nc(/C(C#N)=C\c3cc(C)n(-c4cccc(Cl)c4Cl)c3C)[nH]c2c1. The first-order chi connectivity index (χ1) is 13.9. The summed E-state index contributed by atoms with van der Waals surface area (Å²) >= 11 is 12.6. The molecule has 0 bridgehead atoms. The monoisotopic (exact) mass is 420 g/mol. The predicted octanol–water partition coefficient (Wildman–Crippen LogP) is 6.65. The van der Waals surface area contributed by atoms with Gasteiger partial charge in [0, 0.05) is 11.4 Å². The number of halogens is 2. The van der Waals surface area contributed by atoms with Crippen LogP contribution in [0.15, 0.2) is 42.5 Å². The van der Waals surface area contributed by atoms with Crippen LogP contribution in [0, 0.1) is 32.1 Å². The Kier molecular flexibility index (Phi) is 4.96. The lowest BCUT2D eigenvalue weighted by Crippen LogP contribution is -2.00. The maximum atomic E-state index is 9.76. The molecule has 4 nitrogen and oxygen atoms in total. The minimum atomic E-state index is 0.469. The molecule has 0 aliphatic heterocycles. The number of imidazole rings is 1. The fraction of sp³-hybridized carbons (Fsp3) is 0.130. The van der Waals surface area contributed by atoms with Crippen molar-refractivity contribution in [1.82, 2.24) is 14.5 Å². The van der Waals surface area contributed by atoms with Crippen LogP contribution in [0.4, 0.5) is 0 Å².